The summed E-state index contributed by atoms with van der Waals surface area (Å²) in [5, 5.41) is 6.74. The van der Waals surface area contributed by atoms with E-state index in [2.05, 4.69) is 34.9 Å². The number of amides is 1. The van der Waals surface area contributed by atoms with E-state index in [1.54, 1.807) is 0 Å². The summed E-state index contributed by atoms with van der Waals surface area (Å²) in [6.45, 7) is 4.63. The third-order valence-corrected chi connectivity index (χ3v) is 5.78. The van der Waals surface area contributed by atoms with Crippen LogP contribution in [-0.2, 0) is 5.41 Å². The van der Waals surface area contributed by atoms with Crippen LogP contribution >= 0.6 is 0 Å². The molecule has 2 aromatic rings. The molecule has 1 saturated heterocycles. The number of piperidine rings is 1. The highest BCUT2D eigenvalue weighted by Crippen LogP contribution is 2.49. The van der Waals surface area contributed by atoms with Crippen LogP contribution < -0.4 is 15.4 Å². The van der Waals surface area contributed by atoms with Crippen LogP contribution in [0.1, 0.15) is 53.7 Å². The summed E-state index contributed by atoms with van der Waals surface area (Å²) in [7, 11) is 0. The van der Waals surface area contributed by atoms with Gasteiger partial charge in [-0.1, -0.05) is 30.3 Å². The largest absolute Gasteiger partial charge is 0.494 e. The highest BCUT2D eigenvalue weighted by Gasteiger charge is 2.44. The molecule has 1 heterocycles. The lowest BCUT2D eigenvalue weighted by Crippen LogP contribution is -2.39. The van der Waals surface area contributed by atoms with Gasteiger partial charge < -0.3 is 15.4 Å². The molecule has 1 fully saturated rings. The van der Waals surface area contributed by atoms with Gasteiger partial charge in [0.25, 0.3) is 5.91 Å². The van der Waals surface area contributed by atoms with Gasteiger partial charge in [-0.25, -0.2) is 0 Å². The summed E-state index contributed by atoms with van der Waals surface area (Å²) >= 11 is 0. The molecule has 0 bridgehead atoms. The Bertz CT molecular complexity index is 796. The van der Waals surface area contributed by atoms with Crippen LogP contribution in [0.4, 0.5) is 0 Å². The number of benzene rings is 2. The fourth-order valence-electron chi connectivity index (χ4n) is 4.54. The second-order valence-electron chi connectivity index (χ2n) is 7.31. The minimum atomic E-state index is -0.0302. The van der Waals surface area contributed by atoms with Gasteiger partial charge in [0.05, 0.1) is 12.6 Å². The second kappa shape index (κ2) is 7.12. The van der Waals surface area contributed by atoms with Gasteiger partial charge in [0, 0.05) is 11.0 Å². The number of hydrogen-bond donors (Lipinski definition) is 2. The number of carbonyl (C=O) groups is 1. The average Bonchev–Trinajstić information content (AvgIpc) is 2.96. The van der Waals surface area contributed by atoms with Crippen LogP contribution in [0.5, 0.6) is 5.75 Å². The monoisotopic (exact) mass is 350 g/mol. The fraction of sp³-hybridized carbons (Fsp3) is 0.409. The van der Waals surface area contributed by atoms with E-state index in [-0.39, 0.29) is 17.4 Å². The van der Waals surface area contributed by atoms with Gasteiger partial charge in [-0.15, -0.1) is 0 Å². The maximum absolute atomic E-state index is 12.9. The van der Waals surface area contributed by atoms with E-state index in [4.69, 9.17) is 4.74 Å². The van der Waals surface area contributed by atoms with Crippen molar-refractivity contribution in [3.05, 3.63) is 65.2 Å². The Kier molecular flexibility index (Phi) is 4.68. The minimum Gasteiger partial charge on any atom is -0.494 e. The Hall–Kier alpha value is -2.33. The molecule has 4 heteroatoms. The van der Waals surface area contributed by atoms with Gasteiger partial charge in [0.15, 0.2) is 0 Å². The molecule has 1 unspecified atom stereocenters. The van der Waals surface area contributed by atoms with Gasteiger partial charge in [-0.05, 0) is 68.6 Å². The van der Waals surface area contributed by atoms with Crippen LogP contribution in [0.3, 0.4) is 0 Å². The molecule has 1 atom stereocenters. The molecular weight excluding hydrogens is 324 g/mol. The Morgan fingerprint density at radius 3 is 2.81 bits per heavy atom. The van der Waals surface area contributed by atoms with E-state index in [0.29, 0.717) is 12.2 Å². The second-order valence-corrected chi connectivity index (χ2v) is 7.31. The first-order chi connectivity index (χ1) is 12.7. The van der Waals surface area contributed by atoms with Crippen LogP contribution in [0.15, 0.2) is 48.5 Å². The number of nitrogens with one attached hydrogen (secondary N) is 2. The lowest BCUT2D eigenvalue weighted by Gasteiger charge is -2.35. The Balaban J connectivity index is 1.57. The smallest absolute Gasteiger partial charge is 0.251 e. The zero-order valence-corrected chi connectivity index (χ0v) is 15.3. The molecule has 0 saturated carbocycles. The van der Waals surface area contributed by atoms with E-state index in [1.807, 2.05) is 31.2 Å². The van der Waals surface area contributed by atoms with Gasteiger partial charge in [0.1, 0.15) is 5.75 Å². The van der Waals surface area contributed by atoms with E-state index < -0.39 is 0 Å². The quantitative estimate of drug-likeness (QED) is 0.886. The van der Waals surface area contributed by atoms with Crippen molar-refractivity contribution in [1.29, 1.82) is 0 Å². The maximum Gasteiger partial charge on any atom is 0.251 e. The highest BCUT2D eigenvalue weighted by atomic mass is 16.5. The van der Waals surface area contributed by atoms with Crippen LogP contribution in [0.25, 0.3) is 0 Å². The summed E-state index contributed by atoms with van der Waals surface area (Å²) in [4.78, 5) is 12.9. The van der Waals surface area contributed by atoms with Crippen LogP contribution in [0.2, 0.25) is 0 Å². The Morgan fingerprint density at radius 2 is 2.00 bits per heavy atom. The van der Waals surface area contributed by atoms with Gasteiger partial charge >= 0.3 is 0 Å². The molecule has 2 aromatic carbocycles. The van der Waals surface area contributed by atoms with Crippen molar-refractivity contribution in [2.24, 2.45) is 0 Å². The van der Waals surface area contributed by atoms with Crippen molar-refractivity contribution < 1.29 is 9.53 Å². The molecule has 1 amide bonds. The maximum atomic E-state index is 12.9. The number of carbonyl (C=O) groups excluding carboxylic acids is 1. The van der Waals surface area contributed by atoms with Gasteiger partial charge in [0.2, 0.25) is 0 Å². The van der Waals surface area contributed by atoms with Gasteiger partial charge in [-0.2, -0.15) is 0 Å². The SMILES string of the molecule is CCOc1cccc(C(=O)NC2CC3(CCNCC3)c3ccccc32)c1. The fourth-order valence-corrected chi connectivity index (χ4v) is 4.54. The molecule has 26 heavy (non-hydrogen) atoms. The van der Waals surface area contributed by atoms with E-state index >= 15 is 0 Å². The normalized spacial score (nSPS) is 20.6. The zero-order valence-electron chi connectivity index (χ0n) is 15.3. The lowest BCUT2D eigenvalue weighted by molar-refractivity contribution is 0.0931. The molecule has 1 aliphatic carbocycles. The third-order valence-electron chi connectivity index (χ3n) is 5.78. The molecular formula is C22H26N2O2. The number of fused-ring (bicyclic) bond motifs is 2. The summed E-state index contributed by atoms with van der Waals surface area (Å²) in [5.41, 5.74) is 3.56. The molecule has 1 aliphatic heterocycles. The summed E-state index contributed by atoms with van der Waals surface area (Å²) in [5.74, 6) is 0.708. The number of rotatable bonds is 4. The molecule has 4 nitrogen and oxygen atoms in total. The topological polar surface area (TPSA) is 50.4 Å². The zero-order chi connectivity index (χ0) is 18.0. The first-order valence-electron chi connectivity index (χ1n) is 9.56. The molecule has 2 aliphatic rings. The van der Waals surface area contributed by atoms with E-state index in [1.165, 1.54) is 11.1 Å². The van der Waals surface area contributed by atoms with Crippen molar-refractivity contribution in [2.75, 3.05) is 19.7 Å². The highest BCUT2D eigenvalue weighted by molar-refractivity contribution is 5.95. The van der Waals surface area contributed by atoms with Crippen molar-refractivity contribution in [3.63, 3.8) is 0 Å². The third kappa shape index (κ3) is 3.10. The van der Waals surface area contributed by atoms with Crippen molar-refractivity contribution >= 4 is 5.91 Å². The van der Waals surface area contributed by atoms with E-state index in [9.17, 15) is 4.79 Å². The minimum absolute atomic E-state index is 0.0302. The number of hydrogen-bond acceptors (Lipinski definition) is 3. The van der Waals surface area contributed by atoms with Crippen molar-refractivity contribution in [3.8, 4) is 5.75 Å². The molecule has 136 valence electrons. The Morgan fingerprint density at radius 1 is 1.19 bits per heavy atom. The molecule has 2 N–H and O–H groups in total. The summed E-state index contributed by atoms with van der Waals surface area (Å²) in [6.07, 6.45) is 3.26. The average molecular weight is 350 g/mol. The Labute approximate surface area is 155 Å². The molecule has 1 spiro atoms. The first kappa shape index (κ1) is 17.1. The molecule has 0 radical (unpaired) electrons. The van der Waals surface area contributed by atoms with Crippen molar-refractivity contribution in [1.82, 2.24) is 10.6 Å². The first-order valence-corrected chi connectivity index (χ1v) is 9.56. The number of ether oxygens (including phenoxy) is 1. The summed E-state index contributed by atoms with van der Waals surface area (Å²) < 4.78 is 5.53. The van der Waals surface area contributed by atoms with Crippen LogP contribution in [0, 0.1) is 0 Å². The van der Waals surface area contributed by atoms with E-state index in [0.717, 1.165) is 38.1 Å². The van der Waals surface area contributed by atoms with Crippen molar-refractivity contribution in [2.45, 2.75) is 37.6 Å². The predicted octanol–water partition coefficient (Wildman–Crippen LogP) is 3.58. The standard InChI is InChI=1S/C22H26N2O2/c1-2-26-17-7-5-6-16(14-17)21(25)24-20-15-22(10-12-23-13-11-22)19-9-4-3-8-18(19)20/h3-9,14,20,23H,2,10-13,15H2,1H3,(H,24,25). The van der Waals surface area contributed by atoms with Gasteiger partial charge in [-0.3, -0.25) is 4.79 Å². The van der Waals surface area contributed by atoms with Crippen LogP contribution in [-0.4, -0.2) is 25.6 Å². The molecule has 0 aromatic heterocycles. The molecule has 4 rings (SSSR count). The lowest BCUT2D eigenvalue weighted by atomic mass is 9.74. The predicted molar refractivity (Wildman–Crippen MR) is 103 cm³/mol. The summed E-state index contributed by atoms with van der Waals surface area (Å²) in [6, 6.07) is 16.1.